The normalized spacial score (nSPS) is 13.8. The van der Waals surface area contributed by atoms with Gasteiger partial charge in [0.2, 0.25) is 0 Å². The van der Waals surface area contributed by atoms with Gasteiger partial charge in [0.25, 0.3) is 5.91 Å². The number of hydrogen-bond donors (Lipinski definition) is 0. The Balaban J connectivity index is 1.52. The fraction of sp³-hybridized carbons (Fsp3) is 0.294. The van der Waals surface area contributed by atoms with Crippen molar-refractivity contribution in [3.05, 3.63) is 65.8 Å². The summed E-state index contributed by atoms with van der Waals surface area (Å²) >= 11 is 0. The third kappa shape index (κ3) is 2.68. The molecule has 122 valence electrons. The molecule has 0 radical (unpaired) electrons. The van der Waals surface area contributed by atoms with Crippen LogP contribution in [0.25, 0.3) is 0 Å². The third-order valence-corrected chi connectivity index (χ3v) is 4.22. The van der Waals surface area contributed by atoms with Crippen molar-refractivity contribution in [2.24, 2.45) is 0 Å². The van der Waals surface area contributed by atoms with E-state index in [9.17, 15) is 4.79 Å². The highest BCUT2D eigenvalue weighted by Gasteiger charge is 2.25. The van der Waals surface area contributed by atoms with Crippen LogP contribution in [0.2, 0.25) is 0 Å². The fourth-order valence-electron chi connectivity index (χ4n) is 3.01. The third-order valence-electron chi connectivity index (χ3n) is 4.22. The van der Waals surface area contributed by atoms with Gasteiger partial charge in [0.1, 0.15) is 11.5 Å². The molecule has 24 heavy (non-hydrogen) atoms. The lowest BCUT2D eigenvalue weighted by Gasteiger charge is -2.28. The first-order valence-electron chi connectivity index (χ1n) is 7.94. The molecule has 1 aliphatic rings. The molecule has 4 heterocycles. The van der Waals surface area contributed by atoms with Gasteiger partial charge in [0.15, 0.2) is 0 Å². The molecule has 0 saturated carbocycles. The summed E-state index contributed by atoms with van der Waals surface area (Å²) in [5, 5.41) is 4.23. The van der Waals surface area contributed by atoms with Crippen molar-refractivity contribution in [3.63, 3.8) is 0 Å². The number of aryl methyl sites for hydroxylation is 1. The van der Waals surface area contributed by atoms with Gasteiger partial charge in [-0.2, -0.15) is 5.10 Å². The Morgan fingerprint density at radius 2 is 2.17 bits per heavy atom. The van der Waals surface area contributed by atoms with Crippen LogP contribution in [0.1, 0.15) is 27.7 Å². The molecule has 0 N–H and O–H groups in total. The zero-order valence-corrected chi connectivity index (χ0v) is 13.5. The van der Waals surface area contributed by atoms with E-state index in [1.807, 2.05) is 47.1 Å². The predicted octanol–water partition coefficient (Wildman–Crippen LogP) is 1.49. The minimum Gasteiger partial charge on any atom is -0.328 e. The molecule has 3 aromatic heterocycles. The lowest BCUT2D eigenvalue weighted by Crippen LogP contribution is -2.39. The smallest absolute Gasteiger partial charge is 0.272 e. The van der Waals surface area contributed by atoms with E-state index in [1.165, 1.54) is 0 Å². The Morgan fingerprint density at radius 1 is 1.25 bits per heavy atom. The first kappa shape index (κ1) is 14.6. The molecular weight excluding hydrogens is 304 g/mol. The van der Waals surface area contributed by atoms with Crippen LogP contribution in [0.3, 0.4) is 0 Å². The lowest BCUT2D eigenvalue weighted by atomic mass is 10.2. The molecule has 0 fully saturated rings. The van der Waals surface area contributed by atoms with Crippen molar-refractivity contribution in [1.29, 1.82) is 0 Å². The van der Waals surface area contributed by atoms with Crippen molar-refractivity contribution in [2.45, 2.75) is 26.6 Å². The Hall–Kier alpha value is -2.96. The molecule has 0 saturated heterocycles. The first-order valence-corrected chi connectivity index (χ1v) is 7.94. The highest BCUT2D eigenvalue weighted by atomic mass is 16.2. The maximum atomic E-state index is 12.6. The fourth-order valence-corrected chi connectivity index (χ4v) is 3.01. The average molecular weight is 322 g/mol. The van der Waals surface area contributed by atoms with Crippen molar-refractivity contribution < 1.29 is 4.79 Å². The number of rotatable bonds is 3. The largest absolute Gasteiger partial charge is 0.328 e. The molecule has 7 heteroatoms. The maximum Gasteiger partial charge on any atom is 0.272 e. The molecular formula is C17H18N6O. The van der Waals surface area contributed by atoms with Gasteiger partial charge in [-0.3, -0.25) is 9.48 Å². The number of carbonyl (C=O) groups excluding carboxylic acids is 1. The van der Waals surface area contributed by atoms with Crippen molar-refractivity contribution in [3.8, 4) is 0 Å². The second-order valence-electron chi connectivity index (χ2n) is 5.91. The summed E-state index contributed by atoms with van der Waals surface area (Å²) in [6.07, 6.45) is 5.57. The molecule has 0 aliphatic carbocycles. The van der Waals surface area contributed by atoms with Crippen LogP contribution < -0.4 is 0 Å². The van der Waals surface area contributed by atoms with E-state index in [2.05, 4.69) is 19.6 Å². The summed E-state index contributed by atoms with van der Waals surface area (Å²) < 4.78 is 4.05. The standard InChI is InChI=1S/C17H18N6O/c1-13-4-2-5-15(20-13)17(24)21-8-9-23-14(10-18-16(23)12-21)11-22-7-3-6-19-22/h2-7,10H,8-9,11-12H2,1H3. The van der Waals surface area contributed by atoms with Gasteiger partial charge in [-0.1, -0.05) is 6.07 Å². The summed E-state index contributed by atoms with van der Waals surface area (Å²) in [6, 6.07) is 7.42. The molecule has 0 spiro atoms. The summed E-state index contributed by atoms with van der Waals surface area (Å²) in [5.41, 5.74) is 2.45. The van der Waals surface area contributed by atoms with Gasteiger partial charge in [0.05, 0.1) is 25.0 Å². The molecule has 0 bridgehead atoms. The molecule has 7 nitrogen and oxygen atoms in total. The predicted molar refractivity (Wildman–Crippen MR) is 87.3 cm³/mol. The number of imidazole rings is 1. The van der Waals surface area contributed by atoms with Gasteiger partial charge >= 0.3 is 0 Å². The summed E-state index contributed by atoms with van der Waals surface area (Å²) in [5.74, 6) is 0.867. The van der Waals surface area contributed by atoms with Crippen molar-refractivity contribution >= 4 is 5.91 Å². The lowest BCUT2D eigenvalue weighted by molar-refractivity contribution is 0.0700. The van der Waals surface area contributed by atoms with E-state index in [0.717, 1.165) is 23.8 Å². The number of hydrogen-bond acceptors (Lipinski definition) is 4. The number of pyridine rings is 1. The van der Waals surface area contributed by atoms with Crippen LogP contribution in [0, 0.1) is 6.92 Å². The highest BCUT2D eigenvalue weighted by Crippen LogP contribution is 2.17. The van der Waals surface area contributed by atoms with Crippen molar-refractivity contribution in [2.75, 3.05) is 6.54 Å². The summed E-state index contributed by atoms with van der Waals surface area (Å²) in [6.45, 7) is 4.48. The number of fused-ring (bicyclic) bond motifs is 1. The van der Waals surface area contributed by atoms with Crippen LogP contribution in [0.5, 0.6) is 0 Å². The molecule has 1 amide bonds. The zero-order valence-electron chi connectivity index (χ0n) is 13.5. The summed E-state index contributed by atoms with van der Waals surface area (Å²) in [4.78, 5) is 23.3. The molecule has 0 unspecified atom stereocenters. The number of amides is 1. The Kier molecular flexibility index (Phi) is 3.60. The van der Waals surface area contributed by atoms with Crippen LogP contribution in [-0.4, -0.2) is 41.7 Å². The van der Waals surface area contributed by atoms with Gasteiger partial charge in [-0.15, -0.1) is 0 Å². The van der Waals surface area contributed by atoms with Crippen LogP contribution >= 0.6 is 0 Å². The molecule has 0 atom stereocenters. The number of carbonyl (C=O) groups is 1. The quantitative estimate of drug-likeness (QED) is 0.732. The average Bonchev–Trinajstić information content (AvgIpc) is 3.24. The topological polar surface area (TPSA) is 68.8 Å². The second kappa shape index (κ2) is 5.92. The van der Waals surface area contributed by atoms with Crippen LogP contribution in [-0.2, 0) is 19.6 Å². The number of nitrogens with zero attached hydrogens (tertiary/aromatic N) is 6. The van der Waals surface area contributed by atoms with Gasteiger partial charge in [0, 0.05) is 31.2 Å². The van der Waals surface area contributed by atoms with Crippen LogP contribution in [0.15, 0.2) is 42.9 Å². The van der Waals surface area contributed by atoms with Gasteiger partial charge in [-0.05, 0) is 25.1 Å². The van der Waals surface area contributed by atoms with E-state index in [1.54, 1.807) is 12.3 Å². The Morgan fingerprint density at radius 3 is 2.96 bits per heavy atom. The first-order chi connectivity index (χ1) is 11.7. The van der Waals surface area contributed by atoms with E-state index in [-0.39, 0.29) is 5.91 Å². The van der Waals surface area contributed by atoms with Gasteiger partial charge < -0.3 is 9.47 Å². The minimum atomic E-state index is -0.0402. The monoisotopic (exact) mass is 322 g/mol. The molecule has 3 aromatic rings. The molecule has 4 rings (SSSR count). The summed E-state index contributed by atoms with van der Waals surface area (Å²) in [7, 11) is 0. The zero-order chi connectivity index (χ0) is 16.5. The van der Waals surface area contributed by atoms with Crippen LogP contribution in [0.4, 0.5) is 0 Å². The Bertz CT molecular complexity index is 867. The molecule has 0 aromatic carbocycles. The maximum absolute atomic E-state index is 12.6. The molecule has 1 aliphatic heterocycles. The van der Waals surface area contributed by atoms with E-state index >= 15 is 0 Å². The van der Waals surface area contributed by atoms with E-state index in [0.29, 0.717) is 25.3 Å². The number of aromatic nitrogens is 5. The van der Waals surface area contributed by atoms with E-state index < -0.39 is 0 Å². The van der Waals surface area contributed by atoms with Crippen molar-refractivity contribution in [1.82, 2.24) is 29.2 Å². The van der Waals surface area contributed by atoms with E-state index in [4.69, 9.17) is 0 Å². The second-order valence-corrected chi connectivity index (χ2v) is 5.91. The Labute approximate surface area is 139 Å². The minimum absolute atomic E-state index is 0.0402. The highest BCUT2D eigenvalue weighted by molar-refractivity contribution is 5.92. The SMILES string of the molecule is Cc1cccc(C(=O)N2CCn3c(Cn4cccn4)cnc3C2)n1. The van der Waals surface area contributed by atoms with Gasteiger partial charge in [-0.25, -0.2) is 9.97 Å².